The van der Waals surface area contributed by atoms with Crippen molar-refractivity contribution in [3.8, 4) is 57.5 Å². The monoisotopic (exact) mass is 1490 g/mol. The number of nitrogens with two attached hydrogens (primary N) is 3. The van der Waals surface area contributed by atoms with Crippen molar-refractivity contribution < 1.29 is 38.2 Å². The molecule has 0 spiro atoms. The van der Waals surface area contributed by atoms with E-state index in [0.29, 0.717) is 120 Å². The van der Waals surface area contributed by atoms with E-state index in [2.05, 4.69) is 60.2 Å². The van der Waals surface area contributed by atoms with Crippen molar-refractivity contribution in [3.05, 3.63) is 247 Å². The number of imidazole rings is 3. The molecule has 18 rings (SSSR count). The summed E-state index contributed by atoms with van der Waals surface area (Å²) in [6, 6.07) is 38.8. The van der Waals surface area contributed by atoms with Gasteiger partial charge in [0.25, 0.3) is 11.8 Å². The number of hydrogen-bond acceptors (Lipinski definition) is 20. The van der Waals surface area contributed by atoms with Gasteiger partial charge in [-0.1, -0.05) is 109 Å². The molecule has 2 unspecified atom stereocenters. The third-order valence-corrected chi connectivity index (χ3v) is 22.2. The Labute approximate surface area is 644 Å². The Morgan fingerprint density at radius 2 is 0.902 bits per heavy atom. The molecule has 12 aromatic rings. The van der Waals surface area contributed by atoms with Gasteiger partial charge in [0.15, 0.2) is 17.3 Å². The number of carbonyl (C=O) groups excluding carboxylic acids is 6. The van der Waals surface area contributed by atoms with Crippen LogP contribution in [-0.4, -0.2) is 159 Å². The maximum Gasteiger partial charge on any atom is 0.299 e. The Bertz CT molecular complexity index is 5810. The highest BCUT2D eigenvalue weighted by Crippen LogP contribution is 2.51. The fraction of sp³-hybridized carbons (Fsp3) is 0.267. The molecule has 1 aliphatic carbocycles. The zero-order valence-electron chi connectivity index (χ0n) is 61.6. The van der Waals surface area contributed by atoms with Crippen LogP contribution in [-0.2, 0) is 54.2 Å². The number of amides is 3. The maximum atomic E-state index is 13.1. The summed E-state index contributed by atoms with van der Waals surface area (Å²) in [5.41, 5.74) is 28.3. The maximum absolute atomic E-state index is 13.1. The molecule has 560 valence electrons. The van der Waals surface area contributed by atoms with Gasteiger partial charge < -0.3 is 41.4 Å². The first kappa shape index (κ1) is 72.8. The predicted octanol–water partition coefficient (Wildman–Crippen LogP) is 9.77. The molecule has 3 aromatic carbocycles. The molecule has 6 fully saturated rings. The molecule has 3 amide bonds. The summed E-state index contributed by atoms with van der Waals surface area (Å²) in [5, 5.41) is 0. The number of pyridine rings is 3. The molecule has 112 heavy (non-hydrogen) atoms. The third-order valence-electron chi connectivity index (χ3n) is 22.2. The van der Waals surface area contributed by atoms with Crippen LogP contribution in [0.1, 0.15) is 124 Å². The SMILES string of the molecule is C=CC(=O)N1C[C@@H]2C[C@]1(c1nc(-c3ccc(C(=O)Cc4ccccn4)cc3)c3c(N)nccn13)CCO2.CC#CC(=O)N1CC2CC(c3nc(-c4ccc(C(=O)Cc5ccccn5)cc4)c4c(N)nccn34)[C@@H]1C2.CC#CC(=O)N1C[C@@H]2C[C@]1(c1nc(-c3ccc(C(=O)Cc4ccccn4)cc3)c3c(N)nccn13)CCO2. The van der Waals surface area contributed by atoms with Gasteiger partial charge in [0.1, 0.15) is 79.6 Å². The summed E-state index contributed by atoms with van der Waals surface area (Å²) in [6.45, 7) is 9.80. The molecule has 14 heterocycles. The Morgan fingerprint density at radius 1 is 0.491 bits per heavy atom. The van der Waals surface area contributed by atoms with Crippen molar-refractivity contribution in [3.63, 3.8) is 0 Å². The van der Waals surface area contributed by atoms with Crippen LogP contribution in [0, 0.1) is 29.6 Å². The van der Waals surface area contributed by atoms with Gasteiger partial charge in [0, 0.05) is 177 Å². The average Bonchev–Trinajstić information content (AvgIpc) is 1.58. The van der Waals surface area contributed by atoms with Crippen molar-refractivity contribution in [2.75, 3.05) is 50.0 Å². The minimum absolute atomic E-state index is 0.00346. The van der Waals surface area contributed by atoms with Gasteiger partial charge in [0.2, 0.25) is 5.91 Å². The molecule has 5 aliphatic heterocycles. The summed E-state index contributed by atoms with van der Waals surface area (Å²) in [7, 11) is 0. The molecule has 26 nitrogen and oxygen atoms in total. The zero-order chi connectivity index (χ0) is 77.4. The zero-order valence-corrected chi connectivity index (χ0v) is 61.6. The lowest BCUT2D eigenvalue weighted by Crippen LogP contribution is -2.46. The highest BCUT2D eigenvalue weighted by atomic mass is 16.5. The number of fused-ring (bicyclic) bond motifs is 9. The summed E-state index contributed by atoms with van der Waals surface area (Å²) < 4.78 is 17.7. The number of likely N-dealkylation sites (tertiary alicyclic amines) is 3. The predicted molar refractivity (Wildman–Crippen MR) is 418 cm³/mol. The molecule has 26 heteroatoms. The van der Waals surface area contributed by atoms with Gasteiger partial charge in [-0.25, -0.2) is 29.9 Å². The van der Waals surface area contributed by atoms with Gasteiger partial charge in [0.05, 0.1) is 31.5 Å². The van der Waals surface area contributed by atoms with E-state index >= 15 is 0 Å². The Balaban J connectivity index is 0.000000127. The van der Waals surface area contributed by atoms with Crippen LogP contribution in [0.4, 0.5) is 17.5 Å². The minimum Gasteiger partial charge on any atom is -0.382 e. The van der Waals surface area contributed by atoms with E-state index in [1.54, 1.807) is 80.2 Å². The van der Waals surface area contributed by atoms with Crippen molar-refractivity contribution in [2.24, 2.45) is 5.92 Å². The summed E-state index contributed by atoms with van der Waals surface area (Å²) in [4.78, 5) is 123. The van der Waals surface area contributed by atoms with E-state index in [-0.39, 0.29) is 78.5 Å². The molecule has 7 atom stereocenters. The molecule has 6 aliphatic rings. The van der Waals surface area contributed by atoms with Gasteiger partial charge in [-0.2, -0.15) is 0 Å². The highest BCUT2D eigenvalue weighted by Gasteiger charge is 2.56. The summed E-state index contributed by atoms with van der Waals surface area (Å²) in [5.74, 6) is 14.2. The first-order chi connectivity index (χ1) is 54.5. The number of anilines is 3. The summed E-state index contributed by atoms with van der Waals surface area (Å²) >= 11 is 0. The van der Waals surface area contributed by atoms with E-state index < -0.39 is 11.1 Å². The fourth-order valence-electron chi connectivity index (χ4n) is 17.1. The van der Waals surface area contributed by atoms with E-state index in [0.717, 1.165) is 76.0 Å². The summed E-state index contributed by atoms with van der Waals surface area (Å²) in [6.07, 6.45) is 21.9. The fourth-order valence-corrected chi connectivity index (χ4v) is 17.1. The number of Topliss-reactive ketones (excluding diaryl/α,β-unsaturated/α-hetero) is 3. The molecular weight excluding hydrogens is 1410 g/mol. The van der Waals surface area contributed by atoms with E-state index in [1.165, 1.54) is 6.08 Å². The topological polar surface area (TPSA) is 338 Å². The Morgan fingerprint density at radius 3 is 1.32 bits per heavy atom. The number of nitrogens with zero attached hydrogens (tertiary/aromatic N) is 15. The normalized spacial score (nSPS) is 20.4. The van der Waals surface area contributed by atoms with Crippen LogP contribution >= 0.6 is 0 Å². The number of benzene rings is 3. The van der Waals surface area contributed by atoms with Crippen LogP contribution in [0.15, 0.2) is 196 Å². The lowest BCUT2D eigenvalue weighted by Gasteiger charge is -2.37. The number of aromatic nitrogens is 12. The second kappa shape index (κ2) is 30.6. The van der Waals surface area contributed by atoms with Crippen LogP contribution in [0.3, 0.4) is 0 Å². The van der Waals surface area contributed by atoms with E-state index in [9.17, 15) is 28.8 Å². The molecule has 5 saturated heterocycles. The first-order valence-electron chi connectivity index (χ1n) is 37.2. The molecule has 9 aromatic heterocycles. The van der Waals surface area contributed by atoms with Gasteiger partial charge in [-0.3, -0.25) is 56.9 Å². The molecule has 6 N–H and O–H groups in total. The van der Waals surface area contributed by atoms with Gasteiger partial charge >= 0.3 is 0 Å². The molecular formula is C86H78N18O8. The van der Waals surface area contributed by atoms with Gasteiger partial charge in [-0.05, 0) is 86.9 Å². The Hall–Kier alpha value is -13.4. The van der Waals surface area contributed by atoms with Crippen molar-refractivity contribution in [1.82, 2.24) is 72.8 Å². The standard InChI is InChI=1S/C29H26N6O3.C29H26N6O2.C28H26N6O3/c1-2-5-24(37)35-18-22-17-29(35,11-15-38-22)28-33-25(26-27(30)32-13-14-34(26)28)20-9-7-19(8-10-20)23(36)16-21-6-3-4-12-31-21;1-2-5-25(37)35-17-18-14-22(23(35)15-18)29-33-26(27-28(30)32-12-13-34(27)29)20-9-7-19(8-10-20)24(36)16-21-6-3-4-11-31-21;1-2-23(36)34-17-21-16-28(34,10-14-37-21)27-32-24(25-26(29)31-12-13-33(25)27)19-8-6-18(7-9-19)22(35)15-20-5-3-4-11-30-20/h3-4,6-10,12-14,22H,11,15-18H2,1H3,(H2,30,32);3-4,6-13,18,22-23H,14-17H2,1H3,(H2,30,32);2-9,11-13,21H,1,10,14-17H2,(H2,29,31)/t22-,29-;18?,22?,23-;21-,28-/m000/s1. The lowest BCUT2D eigenvalue weighted by molar-refractivity contribution is -0.131. The van der Waals surface area contributed by atoms with Crippen LogP contribution in [0.5, 0.6) is 0 Å². The largest absolute Gasteiger partial charge is 0.382 e. The average molecular weight is 1490 g/mol. The number of rotatable bonds is 16. The number of ether oxygens (including phenoxy) is 2. The van der Waals surface area contributed by atoms with E-state index in [4.69, 9.17) is 41.6 Å². The highest BCUT2D eigenvalue weighted by molar-refractivity contribution is 6.01. The lowest BCUT2D eigenvalue weighted by atomic mass is 9.88. The van der Waals surface area contributed by atoms with Crippen molar-refractivity contribution in [1.29, 1.82) is 0 Å². The van der Waals surface area contributed by atoms with Crippen molar-refractivity contribution >= 4 is 69.1 Å². The first-order valence-corrected chi connectivity index (χ1v) is 37.2. The second-order valence-corrected chi connectivity index (χ2v) is 28.7. The smallest absolute Gasteiger partial charge is 0.299 e. The van der Waals surface area contributed by atoms with Crippen LogP contribution < -0.4 is 17.2 Å². The van der Waals surface area contributed by atoms with E-state index in [1.807, 2.05) is 145 Å². The third kappa shape index (κ3) is 13.6. The minimum atomic E-state index is -0.669. The van der Waals surface area contributed by atoms with Crippen LogP contribution in [0.25, 0.3) is 50.3 Å². The second-order valence-electron chi connectivity index (χ2n) is 28.7. The molecule has 1 saturated carbocycles. The van der Waals surface area contributed by atoms with Crippen molar-refractivity contribution in [2.45, 2.75) is 107 Å². The number of carbonyl (C=O) groups is 6. The quantitative estimate of drug-likeness (QED) is 0.0460. The molecule has 6 bridgehead atoms. The Kier molecular flexibility index (Phi) is 19.8. The number of ketones is 3. The number of nitrogen functional groups attached to an aromatic ring is 3. The number of piperidine rings is 1. The van der Waals surface area contributed by atoms with Crippen LogP contribution in [0.2, 0.25) is 0 Å². The van der Waals surface area contributed by atoms with Gasteiger partial charge in [-0.15, -0.1) is 0 Å². The molecule has 0 radical (unpaired) electrons. The number of hydrogen-bond donors (Lipinski definition) is 3.